The van der Waals surface area contributed by atoms with Crippen LogP contribution in [0, 0.1) is 0 Å². The van der Waals surface area contributed by atoms with Crippen LogP contribution in [0.25, 0.3) is 10.9 Å². The predicted molar refractivity (Wildman–Crippen MR) is 62.7 cm³/mol. The maximum Gasteiger partial charge on any atom is 0.312 e. The Hall–Kier alpha value is -2.30. The lowest BCUT2D eigenvalue weighted by molar-refractivity contribution is -0.138. The number of hydrogen-bond donors (Lipinski definition) is 3. The minimum atomic E-state index is -0.955. The quantitative estimate of drug-likeness (QED) is 0.675. The molecule has 0 spiro atoms. The number of carboxylic acids is 1. The van der Waals surface area contributed by atoms with Crippen LogP contribution in [0.1, 0.15) is 11.5 Å². The Kier molecular flexibility index (Phi) is 3.09. The second-order valence-electron chi connectivity index (χ2n) is 3.71. The average Bonchev–Trinajstić information content (AvgIpc) is 2.73. The molecule has 1 aromatic heterocycles. The molecule has 2 aromatic rings. The first kappa shape index (κ1) is 11.2. The second kappa shape index (κ2) is 4.69. The minimum absolute atomic E-state index is 0.0840. The van der Waals surface area contributed by atoms with Crippen LogP contribution in [0.15, 0.2) is 30.5 Å². The molecular formula is C12H12N2O3. The molecule has 2 rings (SSSR count). The number of carbonyl (C=O) groups excluding carboxylic acids is 1. The molecule has 1 amide bonds. The number of H-pyrrole nitrogens is 1. The Morgan fingerprint density at radius 2 is 2.24 bits per heavy atom. The van der Waals surface area contributed by atoms with E-state index in [9.17, 15) is 9.59 Å². The fourth-order valence-electron chi connectivity index (χ4n) is 1.88. The van der Waals surface area contributed by atoms with Crippen molar-refractivity contribution in [3.05, 3.63) is 36.0 Å². The minimum Gasteiger partial charge on any atom is -0.481 e. The molecule has 1 heterocycles. The van der Waals surface area contributed by atoms with Gasteiger partial charge in [0.2, 0.25) is 6.41 Å². The van der Waals surface area contributed by atoms with Crippen molar-refractivity contribution < 1.29 is 14.7 Å². The van der Waals surface area contributed by atoms with Crippen molar-refractivity contribution in [3.63, 3.8) is 0 Å². The number of rotatable bonds is 5. The van der Waals surface area contributed by atoms with E-state index in [1.54, 1.807) is 6.20 Å². The summed E-state index contributed by atoms with van der Waals surface area (Å²) in [6.45, 7) is 0.0840. The van der Waals surface area contributed by atoms with Crippen LogP contribution in [-0.4, -0.2) is 29.0 Å². The molecule has 17 heavy (non-hydrogen) atoms. The third-order valence-corrected chi connectivity index (χ3v) is 2.70. The van der Waals surface area contributed by atoms with E-state index in [-0.39, 0.29) is 6.54 Å². The number of hydrogen-bond acceptors (Lipinski definition) is 2. The summed E-state index contributed by atoms with van der Waals surface area (Å²) in [5, 5.41) is 12.4. The predicted octanol–water partition coefficient (Wildman–Crippen LogP) is 1.08. The molecule has 1 aromatic carbocycles. The summed E-state index contributed by atoms with van der Waals surface area (Å²) in [6.07, 6.45) is 2.18. The van der Waals surface area contributed by atoms with Crippen LogP contribution in [0.5, 0.6) is 0 Å². The van der Waals surface area contributed by atoms with Crippen molar-refractivity contribution in [2.75, 3.05) is 6.54 Å². The number of carboxylic acid groups (broad SMARTS) is 1. The highest BCUT2D eigenvalue weighted by atomic mass is 16.4. The lowest BCUT2D eigenvalue weighted by atomic mass is 9.99. The summed E-state index contributed by atoms with van der Waals surface area (Å²) >= 11 is 0. The number of para-hydroxylation sites is 1. The van der Waals surface area contributed by atoms with Crippen LogP contribution in [0.4, 0.5) is 0 Å². The number of benzene rings is 1. The first-order valence-corrected chi connectivity index (χ1v) is 5.20. The van der Waals surface area contributed by atoms with E-state index in [1.165, 1.54) is 0 Å². The van der Waals surface area contributed by atoms with Gasteiger partial charge in [-0.3, -0.25) is 9.59 Å². The molecule has 1 unspecified atom stereocenters. The monoisotopic (exact) mass is 232 g/mol. The first-order chi connectivity index (χ1) is 8.24. The van der Waals surface area contributed by atoms with E-state index >= 15 is 0 Å². The van der Waals surface area contributed by atoms with Crippen molar-refractivity contribution >= 4 is 23.3 Å². The van der Waals surface area contributed by atoms with Crippen LogP contribution < -0.4 is 5.32 Å². The molecule has 0 radical (unpaired) electrons. The van der Waals surface area contributed by atoms with Gasteiger partial charge in [0.15, 0.2) is 0 Å². The Bertz CT molecular complexity index is 547. The molecule has 88 valence electrons. The topological polar surface area (TPSA) is 82.2 Å². The van der Waals surface area contributed by atoms with Crippen molar-refractivity contribution in [2.24, 2.45) is 0 Å². The molecule has 0 aliphatic carbocycles. The van der Waals surface area contributed by atoms with E-state index in [1.807, 2.05) is 24.3 Å². The van der Waals surface area contributed by atoms with Gasteiger partial charge in [0.05, 0.1) is 0 Å². The zero-order valence-electron chi connectivity index (χ0n) is 9.01. The number of nitrogens with one attached hydrogen (secondary N) is 2. The van der Waals surface area contributed by atoms with E-state index in [0.717, 1.165) is 10.9 Å². The van der Waals surface area contributed by atoms with E-state index < -0.39 is 11.9 Å². The number of fused-ring (bicyclic) bond motifs is 1. The average molecular weight is 232 g/mol. The summed E-state index contributed by atoms with van der Waals surface area (Å²) in [4.78, 5) is 24.5. The SMILES string of the molecule is O=CNCC(C(=O)O)c1c[nH]c2ccccc12. The lowest BCUT2D eigenvalue weighted by Crippen LogP contribution is -2.25. The third kappa shape index (κ3) is 2.13. The van der Waals surface area contributed by atoms with Crippen LogP contribution in [-0.2, 0) is 9.59 Å². The van der Waals surface area contributed by atoms with Crippen molar-refractivity contribution in [1.29, 1.82) is 0 Å². The number of aromatic amines is 1. The van der Waals surface area contributed by atoms with Gasteiger partial charge in [-0.2, -0.15) is 0 Å². The Balaban J connectivity index is 2.41. The summed E-state index contributed by atoms with van der Waals surface area (Å²) in [7, 11) is 0. The van der Waals surface area contributed by atoms with Crippen molar-refractivity contribution in [3.8, 4) is 0 Å². The summed E-state index contributed by atoms with van der Waals surface area (Å²) < 4.78 is 0. The van der Waals surface area contributed by atoms with E-state index in [4.69, 9.17) is 5.11 Å². The van der Waals surface area contributed by atoms with Gasteiger partial charge in [-0.05, 0) is 11.6 Å². The molecule has 5 heteroatoms. The number of carbonyl (C=O) groups is 2. The van der Waals surface area contributed by atoms with Gasteiger partial charge in [0, 0.05) is 23.6 Å². The molecule has 5 nitrogen and oxygen atoms in total. The molecule has 0 saturated carbocycles. The van der Waals surface area contributed by atoms with Gasteiger partial charge in [0.25, 0.3) is 0 Å². The van der Waals surface area contributed by atoms with Gasteiger partial charge in [0.1, 0.15) is 5.92 Å². The molecule has 0 fully saturated rings. The van der Waals surface area contributed by atoms with Crippen molar-refractivity contribution in [2.45, 2.75) is 5.92 Å². The largest absolute Gasteiger partial charge is 0.481 e. The Morgan fingerprint density at radius 3 is 2.94 bits per heavy atom. The normalized spacial score (nSPS) is 12.2. The molecule has 1 atom stereocenters. The maximum absolute atomic E-state index is 11.2. The highest BCUT2D eigenvalue weighted by Crippen LogP contribution is 2.25. The molecule has 0 bridgehead atoms. The summed E-state index contributed by atoms with van der Waals surface area (Å²) in [5.41, 5.74) is 1.57. The van der Waals surface area contributed by atoms with Gasteiger partial charge in [-0.15, -0.1) is 0 Å². The Labute approximate surface area is 97.4 Å². The zero-order valence-corrected chi connectivity index (χ0v) is 9.01. The van der Waals surface area contributed by atoms with Gasteiger partial charge >= 0.3 is 5.97 Å². The van der Waals surface area contributed by atoms with Crippen molar-refractivity contribution in [1.82, 2.24) is 10.3 Å². The van der Waals surface area contributed by atoms with Crippen LogP contribution in [0.3, 0.4) is 0 Å². The second-order valence-corrected chi connectivity index (χ2v) is 3.71. The highest BCUT2D eigenvalue weighted by molar-refractivity contribution is 5.89. The third-order valence-electron chi connectivity index (χ3n) is 2.70. The fourth-order valence-corrected chi connectivity index (χ4v) is 1.88. The van der Waals surface area contributed by atoms with Gasteiger partial charge < -0.3 is 15.4 Å². The molecular weight excluding hydrogens is 220 g/mol. The van der Waals surface area contributed by atoms with Crippen LogP contribution in [0.2, 0.25) is 0 Å². The first-order valence-electron chi connectivity index (χ1n) is 5.20. The number of aromatic nitrogens is 1. The molecule has 0 aliphatic heterocycles. The molecule has 0 saturated heterocycles. The Morgan fingerprint density at radius 1 is 1.47 bits per heavy atom. The fraction of sp³-hybridized carbons (Fsp3) is 0.167. The van der Waals surface area contributed by atoms with Crippen LogP contribution >= 0.6 is 0 Å². The van der Waals surface area contributed by atoms with E-state index in [0.29, 0.717) is 12.0 Å². The summed E-state index contributed by atoms with van der Waals surface area (Å²) in [5.74, 6) is -1.69. The van der Waals surface area contributed by atoms with Gasteiger partial charge in [-0.1, -0.05) is 18.2 Å². The van der Waals surface area contributed by atoms with Gasteiger partial charge in [-0.25, -0.2) is 0 Å². The lowest BCUT2D eigenvalue weighted by Gasteiger charge is -2.10. The molecule has 0 aliphatic rings. The standard InChI is InChI=1S/C12H12N2O3/c15-7-13-5-10(12(16)17)9-6-14-11-4-2-1-3-8(9)11/h1-4,6-7,10,14H,5H2,(H,13,15)(H,16,17). The maximum atomic E-state index is 11.2. The smallest absolute Gasteiger partial charge is 0.312 e. The highest BCUT2D eigenvalue weighted by Gasteiger charge is 2.22. The number of amides is 1. The van der Waals surface area contributed by atoms with E-state index in [2.05, 4.69) is 10.3 Å². The number of aliphatic carboxylic acids is 1. The summed E-state index contributed by atoms with van der Waals surface area (Å²) in [6, 6.07) is 7.47. The molecule has 3 N–H and O–H groups in total. The zero-order chi connectivity index (χ0) is 12.3.